The van der Waals surface area contributed by atoms with E-state index in [0.717, 1.165) is 56.6 Å². The first kappa shape index (κ1) is 28.0. The standard InChI is InChI=1S/C29H40FN5O3/c1-29(2,3)26(32)23-21(12-13-22(30)24(23)31)25(28(36)37)35-16-20(17-35)38-15-6-4-5-9-19-11-10-18-8-7-14-33-27(18)34-19/h10-13,20,25,32H,4-9,14-17,31H2,1-3H3,(H,33,34)(H,36,37). The van der Waals surface area contributed by atoms with E-state index in [1.54, 1.807) is 4.90 Å². The Morgan fingerprint density at radius 1 is 1.26 bits per heavy atom. The number of unbranched alkanes of at least 4 members (excludes halogenated alkanes) is 2. The number of nitrogen functional groups attached to an aromatic ring is 1. The number of nitrogens with zero attached hydrogens (tertiary/aromatic N) is 2. The van der Waals surface area contributed by atoms with E-state index in [1.807, 2.05) is 20.8 Å². The van der Waals surface area contributed by atoms with E-state index in [-0.39, 0.29) is 23.1 Å². The average Bonchev–Trinajstić information content (AvgIpc) is 2.85. The molecule has 0 saturated carbocycles. The van der Waals surface area contributed by atoms with Crippen LogP contribution >= 0.6 is 0 Å². The van der Waals surface area contributed by atoms with Gasteiger partial charge in [-0.05, 0) is 55.4 Å². The Balaban J connectivity index is 1.26. The van der Waals surface area contributed by atoms with Crippen molar-refractivity contribution in [1.82, 2.24) is 9.88 Å². The minimum atomic E-state index is -1.05. The maximum atomic E-state index is 14.3. The topological polar surface area (TPSA) is 125 Å². The lowest BCUT2D eigenvalue weighted by molar-refractivity contribution is -0.150. The zero-order chi connectivity index (χ0) is 27.4. The van der Waals surface area contributed by atoms with Crippen molar-refractivity contribution in [3.63, 3.8) is 0 Å². The zero-order valence-electron chi connectivity index (χ0n) is 22.6. The number of fused-ring (bicyclic) bond motifs is 1. The number of aryl methyl sites for hydroxylation is 2. The predicted octanol–water partition coefficient (Wildman–Crippen LogP) is 4.81. The minimum absolute atomic E-state index is 0.0476. The molecule has 1 aromatic carbocycles. The van der Waals surface area contributed by atoms with Crippen LogP contribution in [0.1, 0.15) is 74.9 Å². The first-order valence-corrected chi connectivity index (χ1v) is 13.5. The number of halogens is 1. The highest BCUT2D eigenvalue weighted by atomic mass is 19.1. The van der Waals surface area contributed by atoms with Crippen molar-refractivity contribution in [1.29, 1.82) is 5.41 Å². The summed E-state index contributed by atoms with van der Waals surface area (Å²) >= 11 is 0. The number of nitrogens with one attached hydrogen (secondary N) is 2. The molecular weight excluding hydrogens is 485 g/mol. The molecule has 0 radical (unpaired) electrons. The van der Waals surface area contributed by atoms with Crippen molar-refractivity contribution in [3.05, 3.63) is 52.5 Å². The predicted molar refractivity (Wildman–Crippen MR) is 147 cm³/mol. The lowest BCUT2D eigenvalue weighted by Gasteiger charge is -2.43. The highest BCUT2D eigenvalue weighted by molar-refractivity contribution is 6.08. The Kier molecular flexibility index (Phi) is 8.67. The van der Waals surface area contributed by atoms with Gasteiger partial charge in [-0.15, -0.1) is 0 Å². The number of rotatable bonds is 11. The summed E-state index contributed by atoms with van der Waals surface area (Å²) < 4.78 is 20.3. The molecule has 0 bridgehead atoms. The van der Waals surface area contributed by atoms with E-state index >= 15 is 0 Å². The Labute approximate surface area is 224 Å². The minimum Gasteiger partial charge on any atom is -0.480 e. The maximum Gasteiger partial charge on any atom is 0.325 e. The molecule has 1 fully saturated rings. The van der Waals surface area contributed by atoms with E-state index in [4.69, 9.17) is 20.9 Å². The van der Waals surface area contributed by atoms with E-state index in [0.29, 0.717) is 25.3 Å². The molecule has 38 heavy (non-hydrogen) atoms. The summed E-state index contributed by atoms with van der Waals surface area (Å²) in [6.45, 7) is 8.02. The largest absolute Gasteiger partial charge is 0.480 e. The second-order valence-corrected chi connectivity index (χ2v) is 11.4. The molecule has 9 heteroatoms. The van der Waals surface area contributed by atoms with Crippen molar-refractivity contribution in [3.8, 4) is 0 Å². The van der Waals surface area contributed by atoms with Gasteiger partial charge in [0.25, 0.3) is 0 Å². The molecular formula is C29H40FN5O3. The number of aromatic nitrogens is 1. The van der Waals surface area contributed by atoms with Crippen molar-refractivity contribution in [2.45, 2.75) is 71.4 Å². The summed E-state index contributed by atoms with van der Waals surface area (Å²) in [5.41, 5.74) is 8.29. The molecule has 5 N–H and O–H groups in total. The summed E-state index contributed by atoms with van der Waals surface area (Å²) in [5.74, 6) is -0.661. The van der Waals surface area contributed by atoms with Crippen LogP contribution in [-0.4, -0.2) is 59.0 Å². The normalized spacial score (nSPS) is 16.8. The van der Waals surface area contributed by atoms with Crippen LogP contribution in [0.25, 0.3) is 0 Å². The van der Waals surface area contributed by atoms with E-state index in [2.05, 4.69) is 17.4 Å². The van der Waals surface area contributed by atoms with Gasteiger partial charge in [0.15, 0.2) is 0 Å². The maximum absolute atomic E-state index is 14.3. The van der Waals surface area contributed by atoms with Gasteiger partial charge < -0.3 is 26.3 Å². The number of nitrogens with two attached hydrogens (primary N) is 1. The fourth-order valence-electron chi connectivity index (χ4n) is 5.11. The fourth-order valence-corrected chi connectivity index (χ4v) is 5.11. The summed E-state index contributed by atoms with van der Waals surface area (Å²) in [5, 5.41) is 22.0. The highest BCUT2D eigenvalue weighted by Gasteiger charge is 2.40. The number of anilines is 2. The van der Waals surface area contributed by atoms with Gasteiger partial charge >= 0.3 is 5.97 Å². The van der Waals surface area contributed by atoms with Gasteiger partial charge in [-0.25, -0.2) is 9.37 Å². The Morgan fingerprint density at radius 2 is 2.03 bits per heavy atom. The molecule has 2 aliphatic heterocycles. The smallest absolute Gasteiger partial charge is 0.325 e. The third kappa shape index (κ3) is 6.32. The number of carbonyl (C=O) groups is 1. The van der Waals surface area contributed by atoms with Crippen LogP contribution in [0, 0.1) is 16.6 Å². The number of aliphatic carboxylic acids is 1. The highest BCUT2D eigenvalue weighted by Crippen LogP contribution is 2.36. The molecule has 1 aromatic heterocycles. The Bertz CT molecular complexity index is 1170. The van der Waals surface area contributed by atoms with Crippen LogP contribution in [-0.2, 0) is 22.4 Å². The van der Waals surface area contributed by atoms with E-state index < -0.39 is 23.2 Å². The third-order valence-corrected chi connectivity index (χ3v) is 7.38. The molecule has 8 nitrogen and oxygen atoms in total. The molecule has 0 aliphatic carbocycles. The first-order valence-electron chi connectivity index (χ1n) is 13.5. The van der Waals surface area contributed by atoms with Crippen LogP contribution in [0.4, 0.5) is 15.9 Å². The number of likely N-dealkylation sites (tertiary alicyclic amines) is 1. The second-order valence-electron chi connectivity index (χ2n) is 11.4. The van der Waals surface area contributed by atoms with Gasteiger partial charge in [0, 0.05) is 48.6 Å². The number of carboxylic acids is 1. The van der Waals surface area contributed by atoms with Gasteiger partial charge in [-0.1, -0.05) is 39.3 Å². The molecule has 4 rings (SSSR count). The number of hydrogen-bond donors (Lipinski definition) is 4. The SMILES string of the molecule is CC(C)(C)C(=N)c1c(C(C(=O)O)N2CC(OCCCCCc3ccc4c(n3)NCCC4)C2)ccc(F)c1N. The molecule has 2 aliphatic rings. The molecule has 1 saturated heterocycles. The molecule has 2 aromatic rings. The number of carboxylic acid groups (broad SMARTS) is 1. The molecule has 3 heterocycles. The number of pyridine rings is 1. The molecule has 0 spiro atoms. The summed E-state index contributed by atoms with van der Waals surface area (Å²) in [6, 6.07) is 5.93. The van der Waals surface area contributed by atoms with Crippen LogP contribution in [0.5, 0.6) is 0 Å². The molecule has 0 amide bonds. The zero-order valence-corrected chi connectivity index (χ0v) is 22.6. The van der Waals surface area contributed by atoms with Crippen LogP contribution in [0.3, 0.4) is 0 Å². The lowest BCUT2D eigenvalue weighted by Crippen LogP contribution is -2.55. The van der Waals surface area contributed by atoms with Crippen LogP contribution < -0.4 is 11.1 Å². The fraction of sp³-hybridized carbons (Fsp3) is 0.552. The van der Waals surface area contributed by atoms with Gasteiger partial charge in [-0.3, -0.25) is 9.69 Å². The van der Waals surface area contributed by atoms with Crippen molar-refractivity contribution >= 4 is 23.2 Å². The quantitative estimate of drug-likeness (QED) is 0.188. The number of hydrogen-bond acceptors (Lipinski definition) is 7. The molecule has 1 unspecified atom stereocenters. The van der Waals surface area contributed by atoms with Crippen molar-refractivity contribution in [2.24, 2.45) is 5.41 Å². The number of benzene rings is 1. The lowest BCUT2D eigenvalue weighted by atomic mass is 9.81. The van der Waals surface area contributed by atoms with Crippen LogP contribution in [0.15, 0.2) is 24.3 Å². The number of ether oxygens (including phenoxy) is 1. The van der Waals surface area contributed by atoms with Crippen molar-refractivity contribution in [2.75, 3.05) is 37.3 Å². The third-order valence-electron chi connectivity index (χ3n) is 7.38. The van der Waals surface area contributed by atoms with E-state index in [1.165, 1.54) is 17.7 Å². The second kappa shape index (κ2) is 11.8. The summed E-state index contributed by atoms with van der Waals surface area (Å²) in [7, 11) is 0. The van der Waals surface area contributed by atoms with Crippen molar-refractivity contribution < 1.29 is 19.0 Å². The van der Waals surface area contributed by atoms with Gasteiger partial charge in [0.05, 0.1) is 11.8 Å². The van der Waals surface area contributed by atoms with Gasteiger partial charge in [0.2, 0.25) is 0 Å². The monoisotopic (exact) mass is 525 g/mol. The summed E-state index contributed by atoms with van der Waals surface area (Å²) in [6.07, 6.45) is 6.16. The Hall–Kier alpha value is -3.04. The van der Waals surface area contributed by atoms with Gasteiger partial charge in [0.1, 0.15) is 17.7 Å². The molecule has 1 atom stereocenters. The summed E-state index contributed by atoms with van der Waals surface area (Å²) in [4.78, 5) is 18.8. The molecule has 206 valence electrons. The van der Waals surface area contributed by atoms with E-state index in [9.17, 15) is 14.3 Å². The van der Waals surface area contributed by atoms with Crippen LogP contribution in [0.2, 0.25) is 0 Å². The Morgan fingerprint density at radius 3 is 2.74 bits per heavy atom. The van der Waals surface area contributed by atoms with Gasteiger partial charge in [-0.2, -0.15) is 0 Å². The first-order chi connectivity index (χ1) is 18.1. The average molecular weight is 526 g/mol.